The number of ether oxygens (including phenoxy) is 6. The Morgan fingerprint density at radius 3 is 2.16 bits per heavy atom. The van der Waals surface area contributed by atoms with E-state index in [-0.39, 0.29) is 36.2 Å². The standard InChI is InChI=1S/C47H64N6O9/c1-34(35-13-15-40(16-14-35)61-27-9-7-6-8-26-58-29-31-60-32-30-59-28-21-41(54)57-5)49-43(55)38-11-10-12-39(33-38)51-47(22-17-37(18-23-47)44(56)62-46(2,3)4)45-50-42(52-53-45)36-19-24-48-25-20-36/h10-16,19-20,24-25,33-34,37,51H,6-9,17-18,21-23,26-32H2,1-5H3,(H,49,55)(H,50,52,53)/t34-,37?,47?/m1/s1. The van der Waals surface area contributed by atoms with E-state index in [0.717, 1.165) is 48.2 Å². The number of unbranched alkanes of at least 4 members (excludes halogenated alkanes) is 3. The summed E-state index contributed by atoms with van der Waals surface area (Å²) >= 11 is 0. The van der Waals surface area contributed by atoms with Crippen LogP contribution in [0.3, 0.4) is 0 Å². The largest absolute Gasteiger partial charge is 0.494 e. The maximum atomic E-state index is 13.6. The molecule has 0 radical (unpaired) electrons. The zero-order valence-corrected chi connectivity index (χ0v) is 36.9. The SMILES string of the molecule is COC(=O)CCOCCOCCOCCCCCCOc1ccc([C@@H](C)NC(=O)c2cccc(NC3(c4nnc(-c5ccncc5)[nH]4)CCC(C(=O)OC(C)(C)C)CC3)c2)cc1. The Morgan fingerprint density at radius 2 is 1.48 bits per heavy atom. The van der Waals surface area contributed by atoms with E-state index in [1.165, 1.54) is 7.11 Å². The number of methoxy groups -OCH3 is 1. The quantitative estimate of drug-likeness (QED) is 0.0435. The van der Waals surface area contributed by atoms with Crippen molar-refractivity contribution in [3.8, 4) is 17.1 Å². The molecule has 0 saturated heterocycles. The van der Waals surface area contributed by atoms with Gasteiger partial charge in [0.15, 0.2) is 11.6 Å². The maximum absolute atomic E-state index is 13.6. The topological polar surface area (TPSA) is 185 Å². The predicted molar refractivity (Wildman–Crippen MR) is 235 cm³/mol. The van der Waals surface area contributed by atoms with Crippen LogP contribution in [-0.2, 0) is 38.8 Å². The molecule has 5 rings (SSSR count). The summed E-state index contributed by atoms with van der Waals surface area (Å²) in [4.78, 5) is 45.2. The van der Waals surface area contributed by atoms with Crippen LogP contribution in [0, 0.1) is 5.92 Å². The van der Waals surface area contributed by atoms with Crippen LogP contribution in [0.4, 0.5) is 5.69 Å². The van der Waals surface area contributed by atoms with Gasteiger partial charge in [-0.3, -0.25) is 19.4 Å². The first-order valence-corrected chi connectivity index (χ1v) is 21.7. The minimum atomic E-state index is -0.664. The summed E-state index contributed by atoms with van der Waals surface area (Å²) < 4.78 is 32.7. The monoisotopic (exact) mass is 856 g/mol. The van der Waals surface area contributed by atoms with Gasteiger partial charge >= 0.3 is 11.9 Å². The van der Waals surface area contributed by atoms with Crippen molar-refractivity contribution >= 4 is 23.5 Å². The number of esters is 2. The Hall–Kier alpha value is -5.38. The molecule has 1 fully saturated rings. The molecule has 1 atom stereocenters. The predicted octanol–water partition coefficient (Wildman–Crippen LogP) is 7.75. The second-order valence-electron chi connectivity index (χ2n) is 16.5. The number of pyridine rings is 1. The number of aromatic nitrogens is 4. The Labute approximate surface area is 365 Å². The fraction of sp³-hybridized carbons (Fsp3) is 0.532. The molecular formula is C47H64N6O9. The van der Waals surface area contributed by atoms with Gasteiger partial charge in [0.1, 0.15) is 11.4 Å². The molecule has 1 saturated carbocycles. The molecule has 62 heavy (non-hydrogen) atoms. The molecule has 1 aliphatic rings. The van der Waals surface area contributed by atoms with Gasteiger partial charge in [-0.2, -0.15) is 0 Å². The van der Waals surface area contributed by atoms with E-state index in [1.807, 2.05) is 82.3 Å². The second-order valence-corrected chi connectivity index (χ2v) is 16.5. The van der Waals surface area contributed by atoms with E-state index in [2.05, 4.69) is 35.5 Å². The van der Waals surface area contributed by atoms with Crippen molar-refractivity contribution in [2.75, 3.05) is 58.7 Å². The molecule has 3 N–H and O–H groups in total. The highest BCUT2D eigenvalue weighted by Crippen LogP contribution is 2.42. The van der Waals surface area contributed by atoms with Crippen LogP contribution < -0.4 is 15.4 Å². The molecule has 0 bridgehead atoms. The number of H-pyrrole nitrogens is 1. The highest BCUT2D eigenvalue weighted by molar-refractivity contribution is 5.95. The Morgan fingerprint density at radius 1 is 0.823 bits per heavy atom. The summed E-state index contributed by atoms with van der Waals surface area (Å²) in [5.74, 6) is 1.19. The molecule has 2 aromatic heterocycles. The lowest BCUT2D eigenvalue weighted by Crippen LogP contribution is -2.42. The van der Waals surface area contributed by atoms with Gasteiger partial charge < -0.3 is 44.0 Å². The van der Waals surface area contributed by atoms with Crippen molar-refractivity contribution in [1.29, 1.82) is 0 Å². The van der Waals surface area contributed by atoms with E-state index in [4.69, 9.17) is 23.7 Å². The van der Waals surface area contributed by atoms with E-state index in [0.29, 0.717) is 89.1 Å². The number of hydrogen-bond acceptors (Lipinski definition) is 13. The van der Waals surface area contributed by atoms with Crippen molar-refractivity contribution in [2.45, 2.75) is 103 Å². The normalized spacial score (nSPS) is 16.9. The van der Waals surface area contributed by atoms with E-state index in [9.17, 15) is 14.4 Å². The van der Waals surface area contributed by atoms with Crippen LogP contribution in [0.15, 0.2) is 73.1 Å². The third-order valence-corrected chi connectivity index (χ3v) is 10.6. The minimum absolute atomic E-state index is 0.185. The van der Waals surface area contributed by atoms with E-state index >= 15 is 0 Å². The third kappa shape index (κ3) is 15.5. The van der Waals surface area contributed by atoms with Crippen LogP contribution >= 0.6 is 0 Å². The molecule has 2 heterocycles. The van der Waals surface area contributed by atoms with Crippen molar-refractivity contribution in [3.05, 3.63) is 90.0 Å². The summed E-state index contributed by atoms with van der Waals surface area (Å²) in [6, 6.07) is 18.8. The van der Waals surface area contributed by atoms with Crippen molar-refractivity contribution in [2.24, 2.45) is 5.92 Å². The summed E-state index contributed by atoms with van der Waals surface area (Å²) in [6.07, 6.45) is 10.1. The molecule has 15 nitrogen and oxygen atoms in total. The maximum Gasteiger partial charge on any atom is 0.309 e. The summed E-state index contributed by atoms with van der Waals surface area (Å²) in [6.45, 7) is 11.2. The van der Waals surface area contributed by atoms with Gasteiger partial charge in [-0.15, -0.1) is 10.2 Å². The minimum Gasteiger partial charge on any atom is -0.494 e. The molecule has 1 aliphatic carbocycles. The number of carbonyl (C=O) groups is 3. The highest BCUT2D eigenvalue weighted by atomic mass is 16.6. The van der Waals surface area contributed by atoms with E-state index in [1.54, 1.807) is 18.5 Å². The summed E-state index contributed by atoms with van der Waals surface area (Å²) in [7, 11) is 1.36. The zero-order chi connectivity index (χ0) is 44.2. The van der Waals surface area contributed by atoms with Gasteiger partial charge in [-0.25, -0.2) is 0 Å². The highest BCUT2D eigenvalue weighted by Gasteiger charge is 2.42. The lowest BCUT2D eigenvalue weighted by Gasteiger charge is -2.39. The van der Waals surface area contributed by atoms with Crippen LogP contribution in [0.2, 0.25) is 0 Å². The number of anilines is 1. The number of hydrogen-bond donors (Lipinski definition) is 3. The Bertz CT molecular complexity index is 1960. The van der Waals surface area contributed by atoms with Crippen molar-refractivity contribution < 1.29 is 42.8 Å². The third-order valence-electron chi connectivity index (χ3n) is 10.6. The number of aromatic amines is 1. The van der Waals surface area contributed by atoms with Gasteiger partial charge in [0.2, 0.25) is 0 Å². The number of amides is 1. The fourth-order valence-electron chi connectivity index (χ4n) is 7.15. The van der Waals surface area contributed by atoms with Crippen LogP contribution in [0.5, 0.6) is 5.75 Å². The second kappa shape index (κ2) is 24.3. The van der Waals surface area contributed by atoms with Crippen molar-refractivity contribution in [1.82, 2.24) is 25.5 Å². The average Bonchev–Trinajstić information content (AvgIpc) is 3.78. The number of benzene rings is 2. The zero-order valence-electron chi connectivity index (χ0n) is 36.9. The molecule has 0 unspecified atom stereocenters. The van der Waals surface area contributed by atoms with Gasteiger partial charge in [-0.05, 0) is 121 Å². The lowest BCUT2D eigenvalue weighted by atomic mass is 9.75. The van der Waals surface area contributed by atoms with Crippen LogP contribution in [0.25, 0.3) is 11.4 Å². The van der Waals surface area contributed by atoms with Crippen LogP contribution in [0.1, 0.15) is 113 Å². The number of nitrogens with one attached hydrogen (secondary N) is 3. The molecule has 4 aromatic rings. The molecule has 1 amide bonds. The first-order chi connectivity index (χ1) is 29.9. The van der Waals surface area contributed by atoms with Gasteiger partial charge in [0.05, 0.1) is 70.7 Å². The molecule has 0 spiro atoms. The Balaban J connectivity index is 1.04. The molecular weight excluding hydrogens is 793 g/mol. The van der Waals surface area contributed by atoms with Gasteiger partial charge in [0, 0.05) is 35.8 Å². The van der Waals surface area contributed by atoms with Crippen molar-refractivity contribution in [3.63, 3.8) is 0 Å². The number of nitrogens with zero attached hydrogens (tertiary/aromatic N) is 3. The first kappa shape index (κ1) is 47.7. The number of rotatable bonds is 25. The summed E-state index contributed by atoms with van der Waals surface area (Å²) in [5.41, 5.74) is 1.88. The average molecular weight is 857 g/mol. The molecule has 336 valence electrons. The Kier molecular flexibility index (Phi) is 18.7. The number of carbonyl (C=O) groups excluding carboxylic acids is 3. The molecule has 15 heteroatoms. The van der Waals surface area contributed by atoms with E-state index < -0.39 is 11.1 Å². The van der Waals surface area contributed by atoms with Crippen LogP contribution in [-0.4, -0.2) is 97.0 Å². The first-order valence-electron chi connectivity index (χ1n) is 21.7. The van der Waals surface area contributed by atoms with Gasteiger partial charge in [0.25, 0.3) is 5.91 Å². The fourth-order valence-corrected chi connectivity index (χ4v) is 7.15. The lowest BCUT2D eigenvalue weighted by molar-refractivity contribution is -0.161. The summed E-state index contributed by atoms with van der Waals surface area (Å²) in [5, 5.41) is 15.9. The smallest absolute Gasteiger partial charge is 0.309 e. The molecule has 2 aromatic carbocycles. The molecule has 0 aliphatic heterocycles. The van der Waals surface area contributed by atoms with Gasteiger partial charge in [-0.1, -0.05) is 24.6 Å².